The molecule has 0 saturated heterocycles. The number of aliphatic imine (C=N–C) groups is 1. The molecule has 1 aliphatic carbocycles. The summed E-state index contributed by atoms with van der Waals surface area (Å²) in [5.41, 5.74) is 0.505. The molecular weight excluding hydrogens is 148 g/mol. The monoisotopic (exact) mass is 166 g/mol. The first-order chi connectivity index (χ1) is 5.68. The second-order valence-electron chi connectivity index (χ2n) is 4.66. The Morgan fingerprint density at radius 1 is 1.50 bits per heavy atom. The molecule has 2 nitrogen and oxygen atoms in total. The number of hydrogen-bond acceptors (Lipinski definition) is 2. The molecule has 1 fully saturated rings. The van der Waals surface area contributed by atoms with Gasteiger partial charge in [-0.25, -0.2) is 0 Å². The normalized spacial score (nSPS) is 32.5. The minimum Gasteiger partial charge on any atom is -0.371 e. The zero-order chi connectivity index (χ0) is 8.60. The predicted octanol–water partition coefficient (Wildman–Crippen LogP) is 1.96. The summed E-state index contributed by atoms with van der Waals surface area (Å²) in [6.07, 6.45) is 5.10. The van der Waals surface area contributed by atoms with Crippen molar-refractivity contribution in [3.05, 3.63) is 0 Å². The molecule has 0 radical (unpaired) electrons. The lowest BCUT2D eigenvalue weighted by atomic mass is 9.67. The molecule has 0 bridgehead atoms. The maximum Gasteiger partial charge on any atom is 0.0966 e. The molecule has 1 heterocycles. The topological polar surface area (TPSA) is 24.4 Å². The summed E-state index contributed by atoms with van der Waals surface area (Å²) < 4.78 is 0. The van der Waals surface area contributed by atoms with Gasteiger partial charge in [-0.2, -0.15) is 0 Å². The van der Waals surface area contributed by atoms with E-state index in [9.17, 15) is 0 Å². The average Bonchev–Trinajstić information content (AvgIpc) is 2.50. The van der Waals surface area contributed by atoms with Gasteiger partial charge in [-0.1, -0.05) is 13.8 Å². The van der Waals surface area contributed by atoms with Gasteiger partial charge in [0.2, 0.25) is 0 Å². The molecule has 0 aromatic heterocycles. The summed E-state index contributed by atoms with van der Waals surface area (Å²) in [4.78, 5) is 4.43. The van der Waals surface area contributed by atoms with Crippen molar-refractivity contribution in [2.24, 2.45) is 10.4 Å². The van der Waals surface area contributed by atoms with Gasteiger partial charge in [-0.15, -0.1) is 0 Å². The first kappa shape index (κ1) is 8.09. The molecule has 0 aromatic rings. The first-order valence-electron chi connectivity index (χ1n) is 4.98. The molecule has 0 aromatic carbocycles. The van der Waals surface area contributed by atoms with Crippen LogP contribution in [-0.4, -0.2) is 18.4 Å². The van der Waals surface area contributed by atoms with Crippen molar-refractivity contribution in [2.75, 3.05) is 6.54 Å². The molecule has 1 unspecified atom stereocenters. The van der Waals surface area contributed by atoms with Crippen LogP contribution in [0.25, 0.3) is 0 Å². The number of hydrogen-bond donors (Lipinski definition) is 1. The Morgan fingerprint density at radius 2 is 2.33 bits per heavy atom. The molecule has 2 rings (SSSR count). The minimum absolute atomic E-state index is 0.505. The van der Waals surface area contributed by atoms with E-state index in [0.29, 0.717) is 11.5 Å². The number of amidine groups is 1. The van der Waals surface area contributed by atoms with Gasteiger partial charge in [-0.3, -0.25) is 4.99 Å². The van der Waals surface area contributed by atoms with Crippen molar-refractivity contribution in [2.45, 2.75) is 45.6 Å². The van der Waals surface area contributed by atoms with E-state index < -0.39 is 0 Å². The highest BCUT2D eigenvalue weighted by Gasteiger charge is 2.38. The predicted molar refractivity (Wildman–Crippen MR) is 51.5 cm³/mol. The quantitative estimate of drug-likeness (QED) is 0.632. The highest BCUT2D eigenvalue weighted by atomic mass is 15.1. The van der Waals surface area contributed by atoms with Crippen molar-refractivity contribution in [1.82, 2.24) is 5.32 Å². The Bertz CT molecular complexity index is 206. The third kappa shape index (κ3) is 1.35. The van der Waals surface area contributed by atoms with Crippen LogP contribution in [-0.2, 0) is 0 Å². The van der Waals surface area contributed by atoms with E-state index in [1.54, 1.807) is 0 Å². The van der Waals surface area contributed by atoms with Crippen LogP contribution in [0, 0.1) is 5.41 Å². The summed E-state index contributed by atoms with van der Waals surface area (Å²) in [6.45, 7) is 5.71. The van der Waals surface area contributed by atoms with Crippen molar-refractivity contribution < 1.29 is 0 Å². The number of nitrogens with zero attached hydrogens (tertiary/aromatic N) is 1. The second-order valence-corrected chi connectivity index (χ2v) is 4.66. The fraction of sp³-hybridized carbons (Fsp3) is 0.900. The maximum absolute atomic E-state index is 4.43. The van der Waals surface area contributed by atoms with Gasteiger partial charge in [0.15, 0.2) is 0 Å². The van der Waals surface area contributed by atoms with E-state index in [2.05, 4.69) is 24.2 Å². The Labute approximate surface area is 74.5 Å². The largest absolute Gasteiger partial charge is 0.371 e. The molecule has 12 heavy (non-hydrogen) atoms. The van der Waals surface area contributed by atoms with E-state index in [0.717, 1.165) is 6.54 Å². The molecule has 1 atom stereocenters. The van der Waals surface area contributed by atoms with Gasteiger partial charge in [-0.05, 0) is 24.7 Å². The van der Waals surface area contributed by atoms with E-state index in [4.69, 9.17) is 0 Å². The van der Waals surface area contributed by atoms with Gasteiger partial charge in [0.1, 0.15) is 0 Å². The molecule has 1 saturated carbocycles. The molecule has 1 N–H and O–H groups in total. The molecule has 1 aliphatic heterocycles. The van der Waals surface area contributed by atoms with Gasteiger partial charge < -0.3 is 5.32 Å². The average molecular weight is 166 g/mol. The number of rotatable bonds is 1. The van der Waals surface area contributed by atoms with Crippen LogP contribution in [0.4, 0.5) is 0 Å². The fourth-order valence-corrected chi connectivity index (χ4v) is 1.99. The van der Waals surface area contributed by atoms with Crippen LogP contribution >= 0.6 is 0 Å². The summed E-state index contributed by atoms with van der Waals surface area (Å²) in [6, 6.07) is 0.689. The van der Waals surface area contributed by atoms with E-state index in [-0.39, 0.29) is 0 Å². The number of nitrogens with one attached hydrogen (secondary N) is 1. The lowest BCUT2D eigenvalue weighted by Gasteiger charge is -2.45. The van der Waals surface area contributed by atoms with Crippen LogP contribution < -0.4 is 5.32 Å². The highest BCUT2D eigenvalue weighted by Crippen LogP contribution is 2.40. The van der Waals surface area contributed by atoms with E-state index in [1.807, 2.05) is 0 Å². The van der Waals surface area contributed by atoms with Crippen LogP contribution in [0.1, 0.15) is 39.5 Å². The minimum atomic E-state index is 0.505. The third-order valence-corrected chi connectivity index (χ3v) is 3.24. The van der Waals surface area contributed by atoms with Crippen molar-refractivity contribution >= 4 is 5.84 Å². The summed E-state index contributed by atoms with van der Waals surface area (Å²) >= 11 is 0. The maximum atomic E-state index is 4.43. The SMILES string of the molecule is CC1(C)CCC1NC1=NCCC1. The molecule has 0 amide bonds. The first-order valence-corrected chi connectivity index (χ1v) is 4.98. The van der Waals surface area contributed by atoms with Crippen molar-refractivity contribution in [3.8, 4) is 0 Å². The van der Waals surface area contributed by atoms with Crippen LogP contribution in [0.15, 0.2) is 4.99 Å². The Kier molecular flexibility index (Phi) is 1.85. The van der Waals surface area contributed by atoms with Crippen LogP contribution in [0.3, 0.4) is 0 Å². The summed E-state index contributed by atoms with van der Waals surface area (Å²) in [7, 11) is 0. The zero-order valence-electron chi connectivity index (χ0n) is 8.06. The Balaban J connectivity index is 1.87. The highest BCUT2D eigenvalue weighted by molar-refractivity contribution is 5.83. The summed E-state index contributed by atoms with van der Waals surface area (Å²) in [5, 5.41) is 3.56. The zero-order valence-corrected chi connectivity index (χ0v) is 8.06. The molecule has 2 aliphatic rings. The van der Waals surface area contributed by atoms with Gasteiger partial charge in [0, 0.05) is 19.0 Å². The Hall–Kier alpha value is -0.530. The second kappa shape index (κ2) is 2.75. The molecular formula is C10H18N2. The van der Waals surface area contributed by atoms with E-state index >= 15 is 0 Å². The van der Waals surface area contributed by atoms with Crippen LogP contribution in [0.5, 0.6) is 0 Å². The lowest BCUT2D eigenvalue weighted by molar-refractivity contribution is 0.126. The van der Waals surface area contributed by atoms with E-state index in [1.165, 1.54) is 31.5 Å². The molecule has 68 valence electrons. The van der Waals surface area contributed by atoms with Crippen molar-refractivity contribution in [3.63, 3.8) is 0 Å². The van der Waals surface area contributed by atoms with Gasteiger partial charge >= 0.3 is 0 Å². The summed E-state index contributed by atoms with van der Waals surface area (Å²) in [5.74, 6) is 1.26. The fourth-order valence-electron chi connectivity index (χ4n) is 1.99. The van der Waals surface area contributed by atoms with Crippen LogP contribution in [0.2, 0.25) is 0 Å². The van der Waals surface area contributed by atoms with Crippen molar-refractivity contribution in [1.29, 1.82) is 0 Å². The Morgan fingerprint density at radius 3 is 2.75 bits per heavy atom. The lowest BCUT2D eigenvalue weighted by Crippen LogP contribution is -2.51. The smallest absolute Gasteiger partial charge is 0.0966 e. The molecule has 2 heteroatoms. The van der Waals surface area contributed by atoms with Gasteiger partial charge in [0.25, 0.3) is 0 Å². The molecule has 0 spiro atoms. The van der Waals surface area contributed by atoms with Gasteiger partial charge in [0.05, 0.1) is 5.84 Å². The standard InChI is InChI=1S/C10H18N2/c1-10(2)6-5-8(10)12-9-4-3-7-11-9/h8H,3-7H2,1-2H3,(H,11,12). The third-order valence-electron chi connectivity index (χ3n) is 3.24.